The van der Waals surface area contributed by atoms with Gasteiger partial charge in [-0.15, -0.1) is 4.57 Å². The van der Waals surface area contributed by atoms with Crippen molar-refractivity contribution < 1.29 is 14.1 Å². The molecule has 1 saturated carbocycles. The highest BCUT2D eigenvalue weighted by atomic mass is 32.1. The van der Waals surface area contributed by atoms with Gasteiger partial charge in [0.05, 0.1) is 0 Å². The van der Waals surface area contributed by atoms with E-state index in [0.717, 1.165) is 17.1 Å². The number of fused-ring (bicyclic) bond motifs is 4. The molecule has 5 heteroatoms. The van der Waals surface area contributed by atoms with Crippen molar-refractivity contribution in [1.29, 1.82) is 0 Å². The van der Waals surface area contributed by atoms with E-state index in [1.165, 1.54) is 52.8 Å². The van der Waals surface area contributed by atoms with Gasteiger partial charge in [0.25, 0.3) is 18.2 Å². The zero-order valence-corrected chi connectivity index (χ0v) is 20.5. The van der Waals surface area contributed by atoms with Gasteiger partial charge in [0, 0.05) is 36.3 Å². The monoisotopic (exact) mass is 481 g/mol. The van der Waals surface area contributed by atoms with Crippen LogP contribution < -0.4 is 9.47 Å². The molecule has 6 rings (SSSR count). The Kier molecular flexibility index (Phi) is 6.09. The molecule has 1 aromatic heterocycles. The van der Waals surface area contributed by atoms with Crippen LogP contribution in [0.3, 0.4) is 0 Å². The van der Waals surface area contributed by atoms with E-state index >= 15 is 0 Å². The Labute approximate surface area is 210 Å². The van der Waals surface area contributed by atoms with Crippen molar-refractivity contribution in [3.05, 3.63) is 94.5 Å². The van der Waals surface area contributed by atoms with Gasteiger partial charge in [-0.1, -0.05) is 72.7 Å². The molecule has 0 radical (unpaired) electrons. The van der Waals surface area contributed by atoms with E-state index in [4.69, 9.17) is 4.74 Å². The predicted molar refractivity (Wildman–Crippen MR) is 142 cm³/mol. The normalized spacial score (nSPS) is 19.1. The van der Waals surface area contributed by atoms with E-state index in [0.29, 0.717) is 18.4 Å². The van der Waals surface area contributed by atoms with Crippen molar-refractivity contribution >= 4 is 45.9 Å². The van der Waals surface area contributed by atoms with E-state index in [-0.39, 0.29) is 6.73 Å². The van der Waals surface area contributed by atoms with Crippen LogP contribution in [-0.2, 0) is 22.8 Å². The first kappa shape index (κ1) is 22.1. The average molecular weight is 482 g/mol. The van der Waals surface area contributed by atoms with Crippen molar-refractivity contribution in [1.82, 2.24) is 0 Å². The first-order valence-corrected chi connectivity index (χ1v) is 13.2. The van der Waals surface area contributed by atoms with Crippen molar-refractivity contribution in [2.75, 3.05) is 4.90 Å². The third kappa shape index (κ3) is 4.25. The first-order chi connectivity index (χ1) is 17.3. The zero-order valence-electron chi connectivity index (χ0n) is 19.7. The number of para-hydroxylation sites is 1. The standard InChI is InChI=1S/C30H29N2O2S/c33-21-34-20-32-28-12-6-7-13-29(28)35-30(32)17-15-22-14-16-27-25(18-22)24-10-4-5-11-26(24)31(27)19-23-8-2-1-3-9-23/h1-3,6-9,12-18,21,24,26H,4-5,10-11,19-20H2/q+1. The van der Waals surface area contributed by atoms with E-state index in [2.05, 4.69) is 82.3 Å². The number of hydrogen-bond acceptors (Lipinski definition) is 4. The lowest BCUT2D eigenvalue weighted by atomic mass is 9.82. The fraction of sp³-hybridized carbons (Fsp3) is 0.267. The molecule has 2 heterocycles. The van der Waals surface area contributed by atoms with Crippen LogP contribution in [-0.4, -0.2) is 12.5 Å². The number of thiazole rings is 1. The van der Waals surface area contributed by atoms with Gasteiger partial charge in [0.1, 0.15) is 4.70 Å². The number of rotatable bonds is 7. The summed E-state index contributed by atoms with van der Waals surface area (Å²) in [6.45, 7) is 1.70. The molecule has 176 valence electrons. The number of aromatic nitrogens is 1. The molecule has 2 unspecified atom stereocenters. The number of ether oxygens (including phenoxy) is 1. The van der Waals surface area contributed by atoms with Gasteiger partial charge in [0.2, 0.25) is 5.52 Å². The SMILES string of the molecule is O=COC[n+]1c(/C=C/c2ccc3c(c2)C2CCCCC2N3Cc2ccccc2)sc2ccccc21. The maximum Gasteiger partial charge on any atom is 0.297 e. The van der Waals surface area contributed by atoms with Crippen LogP contribution in [0.4, 0.5) is 5.69 Å². The van der Waals surface area contributed by atoms with Crippen molar-refractivity contribution in [2.45, 2.75) is 50.9 Å². The molecular weight excluding hydrogens is 452 g/mol. The fourth-order valence-electron chi connectivity index (χ4n) is 5.83. The minimum Gasteiger partial charge on any atom is -0.407 e. The quantitative estimate of drug-likeness (QED) is 0.222. The smallest absolute Gasteiger partial charge is 0.297 e. The minimum absolute atomic E-state index is 0.218. The second kappa shape index (κ2) is 9.67. The van der Waals surface area contributed by atoms with Gasteiger partial charge in [0.15, 0.2) is 0 Å². The maximum absolute atomic E-state index is 10.8. The highest BCUT2D eigenvalue weighted by molar-refractivity contribution is 7.18. The lowest BCUT2D eigenvalue weighted by Crippen LogP contribution is -2.36. The largest absolute Gasteiger partial charge is 0.407 e. The fourth-order valence-corrected chi connectivity index (χ4v) is 6.88. The van der Waals surface area contributed by atoms with Gasteiger partial charge >= 0.3 is 0 Å². The van der Waals surface area contributed by atoms with Gasteiger partial charge in [-0.25, -0.2) is 0 Å². The Morgan fingerprint density at radius 1 is 0.971 bits per heavy atom. The Balaban J connectivity index is 1.32. The summed E-state index contributed by atoms with van der Waals surface area (Å²) in [7, 11) is 0. The summed E-state index contributed by atoms with van der Waals surface area (Å²) in [6, 6.07) is 26.6. The number of nitrogens with zero attached hydrogens (tertiary/aromatic N) is 2. The van der Waals surface area contributed by atoms with Crippen LogP contribution in [0.15, 0.2) is 72.8 Å². The molecule has 2 aliphatic rings. The number of benzene rings is 3. The summed E-state index contributed by atoms with van der Waals surface area (Å²) in [5.74, 6) is 0.617. The van der Waals surface area contributed by atoms with Gasteiger partial charge in [-0.05, 0) is 53.8 Å². The molecule has 35 heavy (non-hydrogen) atoms. The molecule has 1 aliphatic heterocycles. The molecule has 1 aliphatic carbocycles. The molecule has 1 fully saturated rings. The molecular formula is C30H29N2O2S+. The summed E-state index contributed by atoms with van der Waals surface area (Å²) >= 11 is 1.71. The molecule has 0 bridgehead atoms. The zero-order chi connectivity index (χ0) is 23.6. The number of hydrogen-bond donors (Lipinski definition) is 0. The maximum atomic E-state index is 10.8. The van der Waals surface area contributed by atoms with Gasteiger partial charge < -0.3 is 9.64 Å². The van der Waals surface area contributed by atoms with Crippen LogP contribution in [0.2, 0.25) is 0 Å². The molecule has 2 atom stereocenters. The van der Waals surface area contributed by atoms with E-state index < -0.39 is 0 Å². The predicted octanol–water partition coefficient (Wildman–Crippen LogP) is 6.54. The van der Waals surface area contributed by atoms with Crippen LogP contribution in [0.1, 0.15) is 53.3 Å². The number of carbonyl (C=O) groups excluding carboxylic acids is 1. The number of carbonyl (C=O) groups is 1. The highest BCUT2D eigenvalue weighted by Crippen LogP contribution is 2.48. The van der Waals surface area contributed by atoms with Crippen LogP contribution in [0.5, 0.6) is 0 Å². The molecule has 0 N–H and O–H groups in total. The molecule has 4 aromatic rings. The molecule has 0 amide bonds. The molecule has 3 aromatic carbocycles. The average Bonchev–Trinajstić information content (AvgIpc) is 3.42. The van der Waals surface area contributed by atoms with Crippen molar-refractivity contribution in [3.63, 3.8) is 0 Å². The van der Waals surface area contributed by atoms with Crippen molar-refractivity contribution in [3.8, 4) is 0 Å². The Morgan fingerprint density at radius 2 is 1.80 bits per heavy atom. The first-order valence-electron chi connectivity index (χ1n) is 12.4. The van der Waals surface area contributed by atoms with Gasteiger partial charge in [-0.2, -0.15) is 0 Å². The number of anilines is 1. The topological polar surface area (TPSA) is 33.4 Å². The van der Waals surface area contributed by atoms with Crippen LogP contribution in [0.25, 0.3) is 22.4 Å². The Morgan fingerprint density at radius 3 is 2.69 bits per heavy atom. The minimum atomic E-state index is 0.218. The van der Waals surface area contributed by atoms with E-state index in [9.17, 15) is 4.79 Å². The summed E-state index contributed by atoms with van der Waals surface area (Å²) in [6.07, 6.45) is 9.53. The van der Waals surface area contributed by atoms with Crippen LogP contribution >= 0.6 is 11.3 Å². The van der Waals surface area contributed by atoms with Crippen LogP contribution in [0, 0.1) is 0 Å². The van der Waals surface area contributed by atoms with Crippen molar-refractivity contribution in [2.24, 2.45) is 0 Å². The molecule has 4 nitrogen and oxygen atoms in total. The third-order valence-corrected chi connectivity index (χ3v) is 8.54. The second-order valence-electron chi connectivity index (χ2n) is 9.45. The summed E-state index contributed by atoms with van der Waals surface area (Å²) < 4.78 is 8.34. The summed E-state index contributed by atoms with van der Waals surface area (Å²) in [4.78, 5) is 13.5. The summed E-state index contributed by atoms with van der Waals surface area (Å²) in [5.41, 5.74) is 6.57. The third-order valence-electron chi connectivity index (χ3n) is 7.41. The lowest BCUT2D eigenvalue weighted by Gasteiger charge is -2.33. The lowest BCUT2D eigenvalue weighted by molar-refractivity contribution is -0.700. The molecule has 0 saturated heterocycles. The highest BCUT2D eigenvalue weighted by Gasteiger charge is 2.39. The Bertz CT molecular complexity index is 1380. The summed E-state index contributed by atoms with van der Waals surface area (Å²) in [5, 5.41) is 1.06. The molecule has 0 spiro atoms. The van der Waals surface area contributed by atoms with E-state index in [1.807, 2.05) is 12.1 Å². The van der Waals surface area contributed by atoms with E-state index in [1.54, 1.807) is 11.3 Å². The second-order valence-corrected chi connectivity index (χ2v) is 10.5. The van der Waals surface area contributed by atoms with Gasteiger partial charge in [-0.3, -0.25) is 4.79 Å². The Hall–Kier alpha value is -3.44.